The van der Waals surface area contributed by atoms with Crippen LogP contribution in [0.15, 0.2) is 54.6 Å². The molecule has 3 rings (SSSR count). The molecule has 0 bridgehead atoms. The molecule has 2 amide bonds. The number of para-hydroxylation sites is 1. The van der Waals surface area contributed by atoms with Gasteiger partial charge in [0.05, 0.1) is 5.69 Å². The first-order valence-corrected chi connectivity index (χ1v) is 8.58. The highest BCUT2D eigenvalue weighted by atomic mass is 19.1. The Kier molecular flexibility index (Phi) is 5.63. The molecule has 0 aromatic heterocycles. The summed E-state index contributed by atoms with van der Waals surface area (Å²) in [5.74, 6) is -2.25. The van der Waals surface area contributed by atoms with Gasteiger partial charge in [0.15, 0.2) is 0 Å². The van der Waals surface area contributed by atoms with E-state index in [9.17, 15) is 14.0 Å². The molecule has 2 aromatic rings. The van der Waals surface area contributed by atoms with Gasteiger partial charge in [0.1, 0.15) is 5.82 Å². The number of amides is 2. The first kappa shape index (κ1) is 18.1. The van der Waals surface area contributed by atoms with Gasteiger partial charge in [0, 0.05) is 25.2 Å². The fourth-order valence-corrected chi connectivity index (χ4v) is 3.19. The van der Waals surface area contributed by atoms with Crippen LogP contribution in [-0.2, 0) is 19.7 Å². The van der Waals surface area contributed by atoms with Gasteiger partial charge in [-0.25, -0.2) is 4.39 Å². The number of hydrogen-bond donors (Lipinski definition) is 2. The molecule has 0 aliphatic carbocycles. The first-order chi connectivity index (χ1) is 12.6. The van der Waals surface area contributed by atoms with E-state index in [-0.39, 0.29) is 11.1 Å². The monoisotopic (exact) mass is 356 g/mol. The van der Waals surface area contributed by atoms with Crippen molar-refractivity contribution in [2.24, 2.45) is 0 Å². The maximum absolute atomic E-state index is 13.6. The summed E-state index contributed by atoms with van der Waals surface area (Å²) in [5.41, 5.74) is 0.822. The first-order valence-electron chi connectivity index (χ1n) is 8.58. The van der Waals surface area contributed by atoms with E-state index < -0.39 is 17.6 Å². The molecule has 0 atom stereocenters. The summed E-state index contributed by atoms with van der Waals surface area (Å²) in [4.78, 5) is 24.3. The Hall–Kier alpha value is -2.73. The number of anilines is 1. The molecule has 2 aromatic carbocycles. The minimum atomic E-state index is -0.884. The number of nitrogens with one attached hydrogen (secondary N) is 2. The van der Waals surface area contributed by atoms with Crippen molar-refractivity contribution in [3.63, 3.8) is 0 Å². The van der Waals surface area contributed by atoms with Crippen molar-refractivity contribution in [3.05, 3.63) is 66.0 Å². The van der Waals surface area contributed by atoms with Gasteiger partial charge in [-0.2, -0.15) is 0 Å². The number of rotatable bonds is 4. The van der Waals surface area contributed by atoms with Gasteiger partial charge in [-0.05, 0) is 30.5 Å². The highest BCUT2D eigenvalue weighted by Gasteiger charge is 2.35. The van der Waals surface area contributed by atoms with Crippen LogP contribution in [0.3, 0.4) is 0 Å². The minimum Gasteiger partial charge on any atom is -0.381 e. The van der Waals surface area contributed by atoms with E-state index in [0.717, 1.165) is 18.4 Å². The second-order valence-corrected chi connectivity index (χ2v) is 6.38. The van der Waals surface area contributed by atoms with Crippen molar-refractivity contribution < 1.29 is 18.7 Å². The zero-order valence-corrected chi connectivity index (χ0v) is 14.3. The number of hydrogen-bond acceptors (Lipinski definition) is 3. The molecule has 136 valence electrons. The van der Waals surface area contributed by atoms with Gasteiger partial charge in [-0.1, -0.05) is 42.5 Å². The SMILES string of the molecule is O=C(NCC1(c2ccccc2)CCOCC1)C(=O)Nc1ccccc1F. The van der Waals surface area contributed by atoms with Gasteiger partial charge in [-0.3, -0.25) is 9.59 Å². The lowest BCUT2D eigenvalue weighted by atomic mass is 9.74. The van der Waals surface area contributed by atoms with Crippen LogP contribution in [0.25, 0.3) is 0 Å². The Bertz CT molecular complexity index is 774. The van der Waals surface area contributed by atoms with Gasteiger partial charge in [-0.15, -0.1) is 0 Å². The third-order valence-electron chi connectivity index (χ3n) is 4.75. The molecule has 5 nitrogen and oxygen atoms in total. The molecule has 1 heterocycles. The summed E-state index contributed by atoms with van der Waals surface area (Å²) >= 11 is 0. The summed E-state index contributed by atoms with van der Waals surface area (Å²) in [5, 5.41) is 5.00. The summed E-state index contributed by atoms with van der Waals surface area (Å²) < 4.78 is 19.1. The third kappa shape index (κ3) is 4.08. The van der Waals surface area contributed by atoms with E-state index in [1.165, 1.54) is 18.2 Å². The summed E-state index contributed by atoms with van der Waals surface area (Å²) in [6.45, 7) is 1.53. The summed E-state index contributed by atoms with van der Waals surface area (Å²) in [6.07, 6.45) is 1.51. The van der Waals surface area contributed by atoms with E-state index in [0.29, 0.717) is 19.8 Å². The molecule has 26 heavy (non-hydrogen) atoms. The molecule has 6 heteroatoms. The molecular weight excluding hydrogens is 335 g/mol. The van der Waals surface area contributed by atoms with Gasteiger partial charge < -0.3 is 15.4 Å². The lowest BCUT2D eigenvalue weighted by Gasteiger charge is -2.37. The molecule has 1 aliphatic heterocycles. The number of ether oxygens (including phenoxy) is 1. The number of carbonyl (C=O) groups is 2. The topological polar surface area (TPSA) is 67.4 Å². The second-order valence-electron chi connectivity index (χ2n) is 6.38. The van der Waals surface area contributed by atoms with Crippen LogP contribution >= 0.6 is 0 Å². The molecule has 2 N–H and O–H groups in total. The third-order valence-corrected chi connectivity index (χ3v) is 4.75. The summed E-state index contributed by atoms with van der Waals surface area (Å²) in [6, 6.07) is 15.6. The Morgan fingerprint density at radius 2 is 1.62 bits per heavy atom. The van der Waals surface area contributed by atoms with Gasteiger partial charge >= 0.3 is 11.8 Å². The lowest BCUT2D eigenvalue weighted by Crippen LogP contribution is -2.47. The molecule has 0 saturated carbocycles. The number of benzene rings is 2. The van der Waals surface area contributed by atoms with Crippen LogP contribution < -0.4 is 10.6 Å². The maximum atomic E-state index is 13.6. The van der Waals surface area contributed by atoms with Crippen LogP contribution in [0.2, 0.25) is 0 Å². The predicted molar refractivity (Wildman–Crippen MR) is 96.2 cm³/mol. The Morgan fingerprint density at radius 1 is 0.962 bits per heavy atom. The van der Waals surface area contributed by atoms with E-state index in [1.807, 2.05) is 30.3 Å². The Morgan fingerprint density at radius 3 is 2.31 bits per heavy atom. The van der Waals surface area contributed by atoms with E-state index >= 15 is 0 Å². The van der Waals surface area contributed by atoms with Crippen molar-refractivity contribution >= 4 is 17.5 Å². The second kappa shape index (κ2) is 8.10. The van der Waals surface area contributed by atoms with Crippen molar-refractivity contribution in [1.29, 1.82) is 0 Å². The average molecular weight is 356 g/mol. The highest BCUT2D eigenvalue weighted by Crippen LogP contribution is 2.34. The molecule has 0 spiro atoms. The van der Waals surface area contributed by atoms with E-state index in [2.05, 4.69) is 10.6 Å². The minimum absolute atomic E-state index is 0.0171. The highest BCUT2D eigenvalue weighted by molar-refractivity contribution is 6.39. The van der Waals surface area contributed by atoms with Crippen LogP contribution in [0.5, 0.6) is 0 Å². The van der Waals surface area contributed by atoms with Crippen molar-refractivity contribution in [3.8, 4) is 0 Å². The van der Waals surface area contributed by atoms with Crippen molar-refractivity contribution in [1.82, 2.24) is 5.32 Å². The molecule has 1 saturated heterocycles. The molecular formula is C20H21FN2O3. The van der Waals surface area contributed by atoms with Crippen LogP contribution in [0.4, 0.5) is 10.1 Å². The fraction of sp³-hybridized carbons (Fsp3) is 0.300. The Labute approximate surface area is 151 Å². The normalized spacial score (nSPS) is 15.9. The van der Waals surface area contributed by atoms with Gasteiger partial charge in [0.2, 0.25) is 0 Å². The lowest BCUT2D eigenvalue weighted by molar-refractivity contribution is -0.136. The largest absolute Gasteiger partial charge is 0.381 e. The van der Waals surface area contributed by atoms with E-state index in [4.69, 9.17) is 4.74 Å². The van der Waals surface area contributed by atoms with Crippen LogP contribution in [0, 0.1) is 5.82 Å². The smallest absolute Gasteiger partial charge is 0.313 e. The van der Waals surface area contributed by atoms with E-state index in [1.54, 1.807) is 6.07 Å². The predicted octanol–water partition coefficient (Wildman–Crippen LogP) is 2.63. The zero-order valence-electron chi connectivity index (χ0n) is 14.3. The van der Waals surface area contributed by atoms with Crippen LogP contribution in [-0.4, -0.2) is 31.6 Å². The number of halogens is 1. The quantitative estimate of drug-likeness (QED) is 0.828. The van der Waals surface area contributed by atoms with Gasteiger partial charge in [0.25, 0.3) is 0 Å². The van der Waals surface area contributed by atoms with Crippen molar-refractivity contribution in [2.75, 3.05) is 25.1 Å². The summed E-state index contributed by atoms with van der Waals surface area (Å²) in [7, 11) is 0. The maximum Gasteiger partial charge on any atom is 0.313 e. The molecule has 1 aliphatic rings. The van der Waals surface area contributed by atoms with Crippen molar-refractivity contribution in [2.45, 2.75) is 18.3 Å². The molecule has 1 fully saturated rings. The van der Waals surface area contributed by atoms with Crippen LogP contribution in [0.1, 0.15) is 18.4 Å². The standard InChI is InChI=1S/C20H21FN2O3/c21-16-8-4-5-9-17(16)23-19(25)18(24)22-14-20(10-12-26-13-11-20)15-6-2-1-3-7-15/h1-9H,10-14H2,(H,22,24)(H,23,25). The zero-order chi connectivity index (χ0) is 18.4. The number of carbonyl (C=O) groups excluding carboxylic acids is 2. The molecule has 0 unspecified atom stereocenters. The molecule has 0 radical (unpaired) electrons. The Balaban J connectivity index is 1.66. The fourth-order valence-electron chi connectivity index (χ4n) is 3.19. The average Bonchev–Trinajstić information content (AvgIpc) is 2.69.